The first-order chi connectivity index (χ1) is 5.49. The molecule has 0 aliphatic heterocycles. The van der Waals surface area contributed by atoms with Gasteiger partial charge in [0, 0.05) is 6.42 Å². The van der Waals surface area contributed by atoms with E-state index in [0.29, 0.717) is 0 Å². The standard InChI is InChI=1S/C10H22OSi/c1-6-8-9-10(7-2)11-12(3,4)5/h7H,6,8-9H2,1-5H3. The van der Waals surface area contributed by atoms with Gasteiger partial charge in [0.2, 0.25) is 8.32 Å². The maximum absolute atomic E-state index is 5.89. The highest BCUT2D eigenvalue weighted by molar-refractivity contribution is 6.70. The lowest BCUT2D eigenvalue weighted by molar-refractivity contribution is 0.393. The average Bonchev–Trinajstić information content (AvgIpc) is 1.95. The van der Waals surface area contributed by atoms with Crippen LogP contribution in [0.2, 0.25) is 19.6 Å². The molecule has 2 heteroatoms. The highest BCUT2D eigenvalue weighted by Crippen LogP contribution is 2.15. The number of allylic oxidation sites excluding steroid dienone is 2. The summed E-state index contributed by atoms with van der Waals surface area (Å²) < 4.78 is 5.89. The van der Waals surface area contributed by atoms with Crippen molar-refractivity contribution in [3.8, 4) is 0 Å². The monoisotopic (exact) mass is 186 g/mol. The molecule has 0 aliphatic carbocycles. The Morgan fingerprint density at radius 1 is 1.33 bits per heavy atom. The fourth-order valence-electron chi connectivity index (χ4n) is 0.999. The van der Waals surface area contributed by atoms with E-state index in [1.807, 2.05) is 0 Å². The summed E-state index contributed by atoms with van der Waals surface area (Å²) in [5.74, 6) is 1.19. The van der Waals surface area contributed by atoms with E-state index < -0.39 is 8.32 Å². The van der Waals surface area contributed by atoms with E-state index in [0.717, 1.165) is 6.42 Å². The molecule has 0 aromatic rings. The third kappa shape index (κ3) is 6.47. The summed E-state index contributed by atoms with van der Waals surface area (Å²) in [6, 6.07) is 0. The van der Waals surface area contributed by atoms with Gasteiger partial charge in [-0.2, -0.15) is 0 Å². The second kappa shape index (κ2) is 5.41. The zero-order valence-electron chi connectivity index (χ0n) is 9.11. The molecule has 0 heterocycles. The highest BCUT2D eigenvalue weighted by atomic mass is 28.4. The summed E-state index contributed by atoms with van der Waals surface area (Å²) in [7, 11) is -1.36. The third-order valence-corrected chi connectivity index (χ3v) is 2.41. The van der Waals surface area contributed by atoms with Gasteiger partial charge in [-0.05, 0) is 33.0 Å². The van der Waals surface area contributed by atoms with Crippen molar-refractivity contribution in [1.29, 1.82) is 0 Å². The molecule has 0 unspecified atom stereocenters. The van der Waals surface area contributed by atoms with Crippen LogP contribution in [0.25, 0.3) is 0 Å². The lowest BCUT2D eigenvalue weighted by Gasteiger charge is -2.21. The van der Waals surface area contributed by atoms with Gasteiger partial charge in [-0.3, -0.25) is 0 Å². The van der Waals surface area contributed by atoms with Crippen LogP contribution >= 0.6 is 0 Å². The van der Waals surface area contributed by atoms with Crippen molar-refractivity contribution in [3.05, 3.63) is 11.8 Å². The minimum atomic E-state index is -1.36. The number of unbranched alkanes of at least 4 members (excludes halogenated alkanes) is 1. The van der Waals surface area contributed by atoms with Gasteiger partial charge in [-0.15, -0.1) is 0 Å². The van der Waals surface area contributed by atoms with Crippen LogP contribution in [0.3, 0.4) is 0 Å². The quantitative estimate of drug-likeness (QED) is 0.467. The van der Waals surface area contributed by atoms with Crippen LogP contribution < -0.4 is 0 Å². The van der Waals surface area contributed by atoms with Crippen molar-refractivity contribution in [1.82, 2.24) is 0 Å². The van der Waals surface area contributed by atoms with Crippen molar-refractivity contribution >= 4 is 8.32 Å². The van der Waals surface area contributed by atoms with Crippen molar-refractivity contribution in [2.45, 2.75) is 52.8 Å². The van der Waals surface area contributed by atoms with Crippen LogP contribution in [0.1, 0.15) is 33.1 Å². The van der Waals surface area contributed by atoms with Gasteiger partial charge in [-0.1, -0.05) is 19.4 Å². The van der Waals surface area contributed by atoms with Crippen molar-refractivity contribution in [2.75, 3.05) is 0 Å². The molecule has 0 bridgehead atoms. The lowest BCUT2D eigenvalue weighted by atomic mass is 10.2. The Balaban J connectivity index is 3.86. The SMILES string of the molecule is CC=C(CCCC)O[Si](C)(C)C. The maximum Gasteiger partial charge on any atom is 0.241 e. The molecule has 0 aromatic carbocycles. The molecule has 0 aliphatic rings. The highest BCUT2D eigenvalue weighted by Gasteiger charge is 2.16. The molecular formula is C10H22OSi. The van der Waals surface area contributed by atoms with Crippen molar-refractivity contribution < 1.29 is 4.43 Å². The first-order valence-electron chi connectivity index (χ1n) is 4.83. The van der Waals surface area contributed by atoms with Gasteiger partial charge in [0.05, 0.1) is 5.76 Å². The van der Waals surface area contributed by atoms with E-state index in [1.165, 1.54) is 18.6 Å². The van der Waals surface area contributed by atoms with Crippen LogP contribution in [0.4, 0.5) is 0 Å². The fraction of sp³-hybridized carbons (Fsp3) is 0.800. The van der Waals surface area contributed by atoms with Gasteiger partial charge < -0.3 is 4.43 Å². The summed E-state index contributed by atoms with van der Waals surface area (Å²) in [5, 5.41) is 0. The smallest absolute Gasteiger partial charge is 0.241 e. The van der Waals surface area contributed by atoms with E-state index >= 15 is 0 Å². The Kier molecular flexibility index (Phi) is 5.30. The number of hydrogen-bond acceptors (Lipinski definition) is 1. The van der Waals surface area contributed by atoms with E-state index in [-0.39, 0.29) is 0 Å². The van der Waals surface area contributed by atoms with Gasteiger partial charge in [0.1, 0.15) is 0 Å². The average molecular weight is 186 g/mol. The van der Waals surface area contributed by atoms with E-state index in [1.54, 1.807) is 0 Å². The molecule has 0 rings (SSSR count). The van der Waals surface area contributed by atoms with Crippen LogP contribution in [0, 0.1) is 0 Å². The second-order valence-electron chi connectivity index (χ2n) is 4.07. The largest absolute Gasteiger partial charge is 0.548 e. The Labute approximate surface area is 78.0 Å². The molecule has 12 heavy (non-hydrogen) atoms. The Morgan fingerprint density at radius 3 is 2.25 bits per heavy atom. The Morgan fingerprint density at radius 2 is 1.92 bits per heavy atom. The Hall–Kier alpha value is -0.243. The molecule has 0 atom stereocenters. The first kappa shape index (κ1) is 11.8. The predicted molar refractivity (Wildman–Crippen MR) is 57.7 cm³/mol. The summed E-state index contributed by atoms with van der Waals surface area (Å²) in [6.07, 6.45) is 5.70. The van der Waals surface area contributed by atoms with E-state index in [2.05, 4.69) is 39.6 Å². The molecule has 1 nitrogen and oxygen atoms in total. The number of rotatable bonds is 5. The maximum atomic E-state index is 5.89. The Bertz CT molecular complexity index is 144. The van der Waals surface area contributed by atoms with Crippen LogP contribution in [-0.4, -0.2) is 8.32 Å². The van der Waals surface area contributed by atoms with E-state index in [9.17, 15) is 0 Å². The molecule has 0 saturated heterocycles. The molecule has 0 radical (unpaired) electrons. The van der Waals surface area contributed by atoms with Crippen LogP contribution in [0.5, 0.6) is 0 Å². The zero-order valence-corrected chi connectivity index (χ0v) is 10.1. The molecule has 0 saturated carbocycles. The molecule has 72 valence electrons. The normalized spacial score (nSPS) is 13.2. The lowest BCUT2D eigenvalue weighted by Crippen LogP contribution is -2.24. The summed E-state index contributed by atoms with van der Waals surface area (Å²) in [5.41, 5.74) is 0. The van der Waals surface area contributed by atoms with E-state index in [4.69, 9.17) is 4.43 Å². The summed E-state index contributed by atoms with van der Waals surface area (Å²) in [4.78, 5) is 0. The van der Waals surface area contributed by atoms with Gasteiger partial charge in [-0.25, -0.2) is 0 Å². The molecule has 0 N–H and O–H groups in total. The molecule has 0 amide bonds. The second-order valence-corrected chi connectivity index (χ2v) is 8.50. The first-order valence-corrected chi connectivity index (χ1v) is 8.24. The number of hydrogen-bond donors (Lipinski definition) is 0. The molecule has 0 aromatic heterocycles. The van der Waals surface area contributed by atoms with Crippen molar-refractivity contribution in [3.63, 3.8) is 0 Å². The molecular weight excluding hydrogens is 164 g/mol. The minimum Gasteiger partial charge on any atom is -0.548 e. The van der Waals surface area contributed by atoms with Crippen LogP contribution in [-0.2, 0) is 4.43 Å². The summed E-state index contributed by atoms with van der Waals surface area (Å²) in [6.45, 7) is 10.9. The fourth-order valence-corrected chi connectivity index (χ4v) is 2.01. The summed E-state index contributed by atoms with van der Waals surface area (Å²) >= 11 is 0. The minimum absolute atomic E-state index is 1.11. The van der Waals surface area contributed by atoms with Crippen LogP contribution in [0.15, 0.2) is 11.8 Å². The van der Waals surface area contributed by atoms with Crippen molar-refractivity contribution in [2.24, 2.45) is 0 Å². The molecule has 0 fully saturated rings. The zero-order chi connectivity index (χ0) is 9.61. The third-order valence-electron chi connectivity index (χ3n) is 1.54. The molecule has 0 spiro atoms. The predicted octanol–water partition coefficient (Wildman–Crippen LogP) is 3.93. The topological polar surface area (TPSA) is 9.23 Å². The van der Waals surface area contributed by atoms with Gasteiger partial charge in [0.25, 0.3) is 0 Å². The van der Waals surface area contributed by atoms with Gasteiger partial charge >= 0.3 is 0 Å². The van der Waals surface area contributed by atoms with Gasteiger partial charge in [0.15, 0.2) is 0 Å².